The topological polar surface area (TPSA) is 48.5 Å². The molecule has 0 fully saturated rings. The SMILES string of the molecule is Bc1c(B)c(B)c(S(c2ccccc2)(c2ccccc2)c2c(B)c(-c3nc(-n4c5c(B)c(B)c(B)c(B)c5c5c(B)c(B)c(B)c(B)c54)nc(-n4c5c(B)c(B)c(B)c(B)c5c5c(B)c(B)c(B)c(B)c54)n3)c(B)c(S(c3ccccc3)(c3ccccc3)c3c(B)c(B)c(B)c(B)c3B)c2B)c(B)c1B. The van der Waals surface area contributed by atoms with E-state index in [1.165, 1.54) is 208 Å². The Morgan fingerprint density at radius 2 is 0.381 bits per heavy atom. The third-order valence-corrected chi connectivity index (χ3v) is 35.7. The Morgan fingerprint density at radius 1 is 0.190 bits per heavy atom. The van der Waals surface area contributed by atoms with Crippen molar-refractivity contribution in [2.24, 2.45) is 0 Å². The maximum Gasteiger partial charge on any atom is 0.240 e. The quantitative estimate of drug-likeness (QED) is 0.121. The predicted molar refractivity (Wildman–Crippen MR) is 551 cm³/mol. The summed E-state index contributed by atoms with van der Waals surface area (Å²) in [6.07, 6.45) is 0. The van der Waals surface area contributed by atoms with Crippen molar-refractivity contribution in [2.75, 3.05) is 0 Å². The molecule has 105 heavy (non-hydrogen) atoms. The van der Waals surface area contributed by atoms with Gasteiger partial charge in [-0.05, 0) is 89.7 Å². The van der Waals surface area contributed by atoms with Gasteiger partial charge in [-0.15, -0.1) is 74.7 Å². The van der Waals surface area contributed by atoms with Crippen molar-refractivity contribution < 1.29 is 0 Å². The Hall–Kier alpha value is -7.39. The van der Waals surface area contributed by atoms with Crippen molar-refractivity contribution in [3.63, 3.8) is 0 Å². The number of fused-ring (bicyclic) bond motifs is 6. The minimum absolute atomic E-state index is 0.600. The number of rotatable bonds is 11. The van der Waals surface area contributed by atoms with E-state index in [1.807, 2.05) is 0 Å². The Morgan fingerprint density at radius 3 is 0.610 bits per heavy atom. The van der Waals surface area contributed by atoms with Crippen LogP contribution in [0.4, 0.5) is 0 Å². The van der Waals surface area contributed by atoms with Gasteiger partial charge in [-0.25, -0.2) is 0 Å². The highest BCUT2D eigenvalue weighted by molar-refractivity contribution is 8.35. The van der Waals surface area contributed by atoms with E-state index >= 15 is 0 Å². The van der Waals surface area contributed by atoms with Gasteiger partial charge >= 0.3 is 0 Å². The van der Waals surface area contributed by atoms with E-state index in [1.54, 1.807) is 0 Å². The summed E-state index contributed by atoms with van der Waals surface area (Å²) in [5, 5.41) is 5.05. The molecule has 14 aromatic rings. The van der Waals surface area contributed by atoms with Gasteiger partial charge in [0, 0.05) is 47.2 Å². The number of hydrogen-bond acceptors (Lipinski definition) is 3. The monoisotopic (exact) mass is 1360 g/mol. The largest absolute Gasteiger partial charge is 0.279 e. The average molecular weight is 1360 g/mol. The molecule has 0 aliphatic heterocycles. The standard InChI is InChI=1S/C69H78B29N5S2/c70-30-25-26-31(71)37(77)43(83)51(91)60(26)102(59(25)50(90)42(82)36(30)76)68-99-67(100-69(101-68)103-61-27(32(72)38(78)44(84)52(61)92)28-33(73)39(79)45(85)53(93)62(28)103)29-34(74)63(104(21-13-5-1-6-14-21,22-15-7-2-8-16-22)65-54(94)46(86)40(80)47(87)55(65)95)58(98)64(35(29)75)105(23-17-9-3-10-18-23,24-19-11-4-12-20-24)66-56(96)48(88)41(81)49(89)57(66)97/h1-20H,70-98H2. The van der Waals surface area contributed by atoms with Crippen LogP contribution in [0.1, 0.15) is 0 Å². The fourth-order valence-corrected chi connectivity index (χ4v) is 28.9. The van der Waals surface area contributed by atoms with Crippen LogP contribution in [0.5, 0.6) is 0 Å². The summed E-state index contributed by atoms with van der Waals surface area (Å²) in [6.45, 7) is 0. The third kappa shape index (κ3) is 10.4. The second kappa shape index (κ2) is 27.1. The number of benzene rings is 11. The molecule has 36 heteroatoms. The number of nitrogens with zero attached hydrogens (tertiary/aromatic N) is 5. The molecular formula is C69H78B29N5S2. The van der Waals surface area contributed by atoms with Gasteiger partial charge in [-0.2, -0.15) is 15.0 Å². The van der Waals surface area contributed by atoms with E-state index in [0.717, 1.165) is 38.6 Å². The lowest BCUT2D eigenvalue weighted by Crippen LogP contribution is -2.57. The molecule has 0 saturated heterocycles. The van der Waals surface area contributed by atoms with Crippen molar-refractivity contribution in [3.8, 4) is 23.3 Å². The van der Waals surface area contributed by atoms with Gasteiger partial charge in [-0.3, -0.25) is 9.13 Å². The summed E-state index contributed by atoms with van der Waals surface area (Å²) in [4.78, 5) is 29.6. The average Bonchev–Trinajstić information content (AvgIpc) is 1.04. The summed E-state index contributed by atoms with van der Waals surface area (Å²) in [5.41, 5.74) is 42.9. The number of aromatic nitrogens is 5. The molecule has 0 bridgehead atoms. The molecule has 0 N–H and O–H groups in total. The van der Waals surface area contributed by atoms with Crippen LogP contribution in [0, 0.1) is 0 Å². The normalized spacial score (nSPS) is 12.3. The Balaban J connectivity index is 1.35. The first-order chi connectivity index (χ1) is 49.8. The lowest BCUT2D eigenvalue weighted by molar-refractivity contribution is 0.896. The molecule has 0 unspecified atom stereocenters. The van der Waals surface area contributed by atoms with Crippen LogP contribution < -0.4 is 158 Å². The van der Waals surface area contributed by atoms with Gasteiger partial charge < -0.3 is 0 Å². The molecule has 11 aromatic carbocycles. The summed E-state index contributed by atoms with van der Waals surface area (Å²) in [5.74, 6) is 1.84. The Kier molecular flexibility index (Phi) is 19.2. The first-order valence-corrected chi connectivity index (χ1v) is 41.0. The second-order valence-corrected chi connectivity index (χ2v) is 37.1. The van der Waals surface area contributed by atoms with Crippen LogP contribution >= 0.6 is 20.1 Å². The van der Waals surface area contributed by atoms with Gasteiger partial charge in [0.05, 0.1) is 0 Å². The van der Waals surface area contributed by atoms with Crippen LogP contribution in [0.25, 0.3) is 66.9 Å². The highest BCUT2D eigenvalue weighted by Crippen LogP contribution is 2.75. The van der Waals surface area contributed by atoms with Crippen molar-refractivity contribution in [3.05, 3.63) is 121 Å². The van der Waals surface area contributed by atoms with Gasteiger partial charge in [0.15, 0.2) is 5.82 Å². The highest BCUT2D eigenvalue weighted by Gasteiger charge is 2.46. The minimum Gasteiger partial charge on any atom is -0.279 e. The molecule has 0 aliphatic carbocycles. The zero-order valence-electron chi connectivity index (χ0n) is 68.1. The molecule has 0 radical (unpaired) electrons. The fourth-order valence-electron chi connectivity index (χ4n) is 19.0. The summed E-state index contributed by atoms with van der Waals surface area (Å²) in [7, 11) is 63.4. The molecular weight excluding hydrogens is 1280 g/mol. The molecule has 3 aromatic heterocycles. The van der Waals surface area contributed by atoms with Crippen molar-refractivity contribution in [1.82, 2.24) is 24.1 Å². The third-order valence-electron chi connectivity index (χ3n) is 26.8. The second-order valence-electron chi connectivity index (χ2n) is 31.1. The van der Waals surface area contributed by atoms with E-state index in [-0.39, 0.29) is 0 Å². The zero-order valence-corrected chi connectivity index (χ0v) is 69.7. The van der Waals surface area contributed by atoms with Gasteiger partial charge in [0.25, 0.3) is 0 Å². The van der Waals surface area contributed by atoms with Crippen molar-refractivity contribution in [2.45, 2.75) is 39.2 Å². The summed E-state index contributed by atoms with van der Waals surface area (Å²) < 4.78 is 5.00. The first-order valence-electron chi connectivity index (χ1n) is 37.7. The molecule has 5 nitrogen and oxygen atoms in total. The van der Waals surface area contributed by atoms with E-state index in [4.69, 9.17) is 15.0 Å². The summed E-state index contributed by atoms with van der Waals surface area (Å²) in [6, 6.07) is 46.7. The molecule has 0 saturated carbocycles. The lowest BCUT2D eigenvalue weighted by Gasteiger charge is -2.51. The fraction of sp³-hybridized carbons (Fsp3) is 0. The molecule has 0 atom stereocenters. The molecule has 478 valence electrons. The van der Waals surface area contributed by atoms with Crippen molar-refractivity contribution >= 4 is 450 Å². The first kappa shape index (κ1) is 74.5. The molecule has 0 amide bonds. The van der Waals surface area contributed by atoms with Crippen LogP contribution in [0.2, 0.25) is 0 Å². The Bertz CT molecular complexity index is 5510. The molecule has 3 heterocycles. The van der Waals surface area contributed by atoms with Crippen LogP contribution in [0.3, 0.4) is 0 Å². The van der Waals surface area contributed by atoms with Crippen molar-refractivity contribution in [1.29, 1.82) is 0 Å². The minimum atomic E-state index is -2.58. The molecule has 14 rings (SSSR count). The summed E-state index contributed by atoms with van der Waals surface area (Å²) >= 11 is 0. The zero-order chi connectivity index (χ0) is 75.7. The van der Waals surface area contributed by atoms with Crippen LogP contribution in [-0.4, -0.2) is 252 Å². The number of hydrogen-bond donors (Lipinski definition) is 0. The predicted octanol–water partition coefficient (Wildman–Crippen LogP) is -32.1. The van der Waals surface area contributed by atoms with E-state index in [9.17, 15) is 0 Å². The Labute approximate surface area is 652 Å². The van der Waals surface area contributed by atoms with Gasteiger partial charge in [0.2, 0.25) is 11.9 Å². The van der Waals surface area contributed by atoms with Crippen LogP contribution in [-0.2, 0) is 0 Å². The smallest absolute Gasteiger partial charge is 0.240 e. The van der Waals surface area contributed by atoms with E-state index in [0.29, 0.717) is 17.7 Å². The maximum atomic E-state index is 6.44. The maximum absolute atomic E-state index is 6.44. The van der Waals surface area contributed by atoms with E-state index < -0.39 is 20.1 Å². The highest BCUT2D eigenvalue weighted by atomic mass is 32.3. The lowest BCUT2D eigenvalue weighted by atomic mass is 9.62. The van der Waals surface area contributed by atoms with Gasteiger partial charge in [0.1, 0.15) is 228 Å². The molecule has 0 aliphatic rings. The van der Waals surface area contributed by atoms with Gasteiger partial charge in [-0.1, -0.05) is 177 Å². The van der Waals surface area contributed by atoms with Crippen LogP contribution in [0.15, 0.2) is 160 Å². The molecule has 0 spiro atoms. The van der Waals surface area contributed by atoms with E-state index in [2.05, 4.69) is 358 Å².